The lowest BCUT2D eigenvalue weighted by molar-refractivity contribution is -0.132. The van der Waals surface area contributed by atoms with Gasteiger partial charge in [-0.1, -0.05) is 6.07 Å². The molecule has 1 aliphatic rings. The third-order valence-electron chi connectivity index (χ3n) is 2.69. The summed E-state index contributed by atoms with van der Waals surface area (Å²) in [6.07, 6.45) is -0.0512. The van der Waals surface area contributed by atoms with Crippen LogP contribution in [0.25, 0.3) is 0 Å². The second-order valence-electron chi connectivity index (χ2n) is 3.92. The fraction of sp³-hybridized carbons (Fsp3) is 0.333. The van der Waals surface area contributed by atoms with Gasteiger partial charge < -0.3 is 14.6 Å². The molecule has 0 spiro atoms. The normalized spacial score (nSPS) is 14.8. The van der Waals surface area contributed by atoms with E-state index in [-0.39, 0.29) is 12.3 Å². The molecule has 1 aliphatic heterocycles. The van der Waals surface area contributed by atoms with Gasteiger partial charge in [-0.25, -0.2) is 9.59 Å². The molecule has 1 aromatic carbocycles. The largest absolute Gasteiger partial charge is 0.504 e. The third-order valence-corrected chi connectivity index (χ3v) is 2.69. The number of phenolic OH excluding ortho intramolecular Hbond substituents is 1. The molecule has 0 bridgehead atoms. The fourth-order valence-electron chi connectivity index (χ4n) is 1.73. The van der Waals surface area contributed by atoms with Crippen molar-refractivity contribution < 1.29 is 24.2 Å². The van der Waals surface area contributed by atoms with E-state index in [2.05, 4.69) is 4.74 Å². The fourth-order valence-corrected chi connectivity index (χ4v) is 1.73. The Labute approximate surface area is 104 Å². The van der Waals surface area contributed by atoms with Crippen molar-refractivity contribution in [3.63, 3.8) is 0 Å². The Morgan fingerprint density at radius 1 is 1.44 bits per heavy atom. The van der Waals surface area contributed by atoms with Gasteiger partial charge in [-0.05, 0) is 24.1 Å². The number of ether oxygens (including phenoxy) is 2. The summed E-state index contributed by atoms with van der Waals surface area (Å²) in [5, 5.41) is 9.44. The van der Waals surface area contributed by atoms with E-state index in [9.17, 15) is 14.7 Å². The van der Waals surface area contributed by atoms with Crippen LogP contribution < -0.4 is 4.74 Å². The van der Waals surface area contributed by atoms with Crippen molar-refractivity contribution in [2.75, 3.05) is 20.2 Å². The molecule has 1 amide bonds. The van der Waals surface area contributed by atoms with Gasteiger partial charge in [0.2, 0.25) is 0 Å². The first kappa shape index (κ1) is 12.2. The molecule has 0 saturated carbocycles. The summed E-state index contributed by atoms with van der Waals surface area (Å²) in [5.41, 5.74) is 0.900. The number of methoxy groups -OCH3 is 1. The van der Waals surface area contributed by atoms with Crippen LogP contribution in [0.3, 0.4) is 0 Å². The zero-order chi connectivity index (χ0) is 13.1. The van der Waals surface area contributed by atoms with Gasteiger partial charge in [-0.15, -0.1) is 0 Å². The molecule has 6 nitrogen and oxygen atoms in total. The maximum Gasteiger partial charge on any atom is 0.418 e. The first-order valence-corrected chi connectivity index (χ1v) is 5.45. The monoisotopic (exact) mass is 251 g/mol. The molecule has 1 aromatic rings. The molecular weight excluding hydrogens is 238 g/mol. The Hall–Kier alpha value is -2.24. The van der Waals surface area contributed by atoms with E-state index in [1.54, 1.807) is 12.1 Å². The molecule has 0 atom stereocenters. The molecule has 2 rings (SSSR count). The number of hydrogen-bond acceptors (Lipinski definition) is 5. The van der Waals surface area contributed by atoms with Crippen molar-refractivity contribution in [3.05, 3.63) is 23.8 Å². The second-order valence-corrected chi connectivity index (χ2v) is 3.92. The van der Waals surface area contributed by atoms with Crippen molar-refractivity contribution in [1.29, 1.82) is 0 Å². The molecule has 1 saturated heterocycles. The Morgan fingerprint density at radius 3 is 2.83 bits per heavy atom. The molecule has 1 heterocycles. The van der Waals surface area contributed by atoms with E-state index < -0.39 is 12.1 Å². The lowest BCUT2D eigenvalue weighted by atomic mass is 10.1. The summed E-state index contributed by atoms with van der Waals surface area (Å²) in [7, 11) is 1.47. The van der Waals surface area contributed by atoms with Crippen LogP contribution in [0.2, 0.25) is 0 Å². The average molecular weight is 251 g/mol. The molecule has 18 heavy (non-hydrogen) atoms. The summed E-state index contributed by atoms with van der Waals surface area (Å²) in [5.74, 6) is -0.0760. The highest BCUT2D eigenvalue weighted by Crippen LogP contribution is 2.26. The Balaban J connectivity index is 1.98. The van der Waals surface area contributed by atoms with E-state index in [4.69, 9.17) is 4.74 Å². The third kappa shape index (κ3) is 2.53. The second kappa shape index (κ2) is 4.95. The van der Waals surface area contributed by atoms with Crippen LogP contribution in [0, 0.1) is 0 Å². The van der Waals surface area contributed by atoms with E-state index in [0.29, 0.717) is 18.7 Å². The number of amides is 1. The molecule has 1 fully saturated rings. The topological polar surface area (TPSA) is 76.1 Å². The van der Waals surface area contributed by atoms with E-state index in [1.807, 2.05) is 0 Å². The van der Waals surface area contributed by atoms with Crippen molar-refractivity contribution in [2.45, 2.75) is 6.42 Å². The minimum atomic E-state index is -0.606. The zero-order valence-corrected chi connectivity index (χ0v) is 9.88. The van der Waals surface area contributed by atoms with Crippen molar-refractivity contribution in [1.82, 2.24) is 4.90 Å². The van der Waals surface area contributed by atoms with Gasteiger partial charge in [0, 0.05) is 6.54 Å². The van der Waals surface area contributed by atoms with E-state index in [0.717, 1.165) is 5.56 Å². The lowest BCUT2D eigenvalue weighted by Gasteiger charge is -2.12. The molecule has 0 radical (unpaired) electrons. The summed E-state index contributed by atoms with van der Waals surface area (Å²) in [4.78, 5) is 23.4. The standard InChI is InChI=1S/C12H13NO5/c1-17-10-6-8(2-3-9(10)14)4-5-13-7-11(15)18-12(13)16/h2-3,6,14H,4-5,7H2,1H3. The highest BCUT2D eigenvalue weighted by Gasteiger charge is 2.28. The Morgan fingerprint density at radius 2 is 2.22 bits per heavy atom. The first-order valence-electron chi connectivity index (χ1n) is 5.45. The molecular formula is C12H13NO5. The first-order chi connectivity index (χ1) is 8.60. The predicted octanol–water partition coefficient (Wildman–Crippen LogP) is 0.922. The number of aromatic hydroxyl groups is 1. The lowest BCUT2D eigenvalue weighted by Crippen LogP contribution is -2.26. The van der Waals surface area contributed by atoms with Crippen molar-refractivity contribution >= 4 is 12.1 Å². The quantitative estimate of drug-likeness (QED) is 0.636. The van der Waals surface area contributed by atoms with E-state index in [1.165, 1.54) is 18.1 Å². The van der Waals surface area contributed by atoms with Gasteiger partial charge in [0.05, 0.1) is 7.11 Å². The number of benzene rings is 1. The number of nitrogens with zero attached hydrogens (tertiary/aromatic N) is 1. The smallest absolute Gasteiger partial charge is 0.418 e. The Bertz CT molecular complexity index is 485. The Kier molecular flexibility index (Phi) is 3.36. The summed E-state index contributed by atoms with van der Waals surface area (Å²) < 4.78 is 9.40. The van der Waals surface area contributed by atoms with Crippen LogP contribution in [0.1, 0.15) is 5.56 Å². The van der Waals surface area contributed by atoms with Gasteiger partial charge in [0.25, 0.3) is 0 Å². The molecule has 6 heteroatoms. The molecule has 96 valence electrons. The summed E-state index contributed by atoms with van der Waals surface area (Å²) >= 11 is 0. The predicted molar refractivity (Wildman–Crippen MR) is 61.4 cm³/mol. The summed E-state index contributed by atoms with van der Waals surface area (Å²) in [6.45, 7) is 0.382. The maximum atomic E-state index is 11.2. The van der Waals surface area contributed by atoms with Crippen molar-refractivity contribution in [2.24, 2.45) is 0 Å². The minimum Gasteiger partial charge on any atom is -0.504 e. The number of carbonyl (C=O) groups is 2. The van der Waals surface area contributed by atoms with Crippen LogP contribution in [0.5, 0.6) is 11.5 Å². The van der Waals surface area contributed by atoms with Crippen LogP contribution >= 0.6 is 0 Å². The highest BCUT2D eigenvalue weighted by molar-refractivity contribution is 5.92. The van der Waals surface area contributed by atoms with Gasteiger partial charge in [-0.3, -0.25) is 4.90 Å². The number of esters is 1. The van der Waals surface area contributed by atoms with Gasteiger partial charge in [-0.2, -0.15) is 0 Å². The maximum absolute atomic E-state index is 11.2. The van der Waals surface area contributed by atoms with Gasteiger partial charge in [0.1, 0.15) is 6.54 Å². The van der Waals surface area contributed by atoms with Crippen molar-refractivity contribution in [3.8, 4) is 11.5 Å². The molecule has 0 aromatic heterocycles. The van der Waals surface area contributed by atoms with E-state index >= 15 is 0 Å². The molecule has 1 N–H and O–H groups in total. The highest BCUT2D eigenvalue weighted by atomic mass is 16.6. The average Bonchev–Trinajstić information content (AvgIpc) is 2.67. The molecule has 0 aliphatic carbocycles. The number of carbonyl (C=O) groups excluding carboxylic acids is 2. The SMILES string of the molecule is COc1cc(CCN2CC(=O)OC2=O)ccc1O. The zero-order valence-electron chi connectivity index (χ0n) is 9.88. The molecule has 0 unspecified atom stereocenters. The summed E-state index contributed by atoms with van der Waals surface area (Å²) in [6, 6.07) is 4.96. The van der Waals surface area contributed by atoms with Gasteiger partial charge >= 0.3 is 12.1 Å². The van der Waals surface area contributed by atoms with Crippen LogP contribution in [0.4, 0.5) is 4.79 Å². The van der Waals surface area contributed by atoms with Crippen LogP contribution in [0.15, 0.2) is 18.2 Å². The number of cyclic esters (lactones) is 2. The minimum absolute atomic E-state index is 0.00590. The van der Waals surface area contributed by atoms with Crippen LogP contribution in [-0.2, 0) is 16.0 Å². The number of hydrogen-bond donors (Lipinski definition) is 1. The van der Waals surface area contributed by atoms with Crippen LogP contribution in [-0.4, -0.2) is 42.3 Å². The van der Waals surface area contributed by atoms with Gasteiger partial charge in [0.15, 0.2) is 11.5 Å². The number of rotatable bonds is 4. The number of phenols is 1.